The number of hydrogen-bond donors (Lipinski definition) is 0. The molecule has 0 aliphatic carbocycles. The van der Waals surface area contributed by atoms with Crippen LogP contribution in [-0.4, -0.2) is 88.4 Å². The fraction of sp³-hybridized carbons (Fsp3) is 0. The molecule has 30 aromatic rings. The zero-order valence-corrected chi connectivity index (χ0v) is 84.2. The van der Waals surface area contributed by atoms with Gasteiger partial charge in [-0.05, 0) is 16.2 Å². The van der Waals surface area contributed by atoms with E-state index in [0.717, 1.165) is 50.1 Å². The summed E-state index contributed by atoms with van der Waals surface area (Å²) in [5.41, 5.74) is 16.6. The van der Waals surface area contributed by atoms with E-state index in [4.69, 9.17) is 44.9 Å². The van der Waals surface area contributed by atoms with E-state index >= 15 is 0 Å². The van der Waals surface area contributed by atoms with Crippen LogP contribution >= 0.6 is 0 Å². The van der Waals surface area contributed by atoms with E-state index in [0.29, 0.717) is 52.4 Å². The van der Waals surface area contributed by atoms with Crippen molar-refractivity contribution in [3.63, 3.8) is 0 Å². The maximum atomic E-state index is 5.24. The molecule has 0 N–H and O–H groups in total. The normalized spacial score (nSPS) is 11.7. The average Bonchev–Trinajstić information content (AvgIpc) is 1.51. The van der Waals surface area contributed by atoms with Gasteiger partial charge in [0.2, 0.25) is 0 Å². The van der Waals surface area contributed by atoms with Gasteiger partial charge < -0.3 is 0 Å². The quantitative estimate of drug-likeness (QED) is 0.0871. The molecule has 0 saturated carbocycles. The molecule has 6 heterocycles. The zero-order chi connectivity index (χ0) is 96.9. The van der Waals surface area contributed by atoms with Gasteiger partial charge in [-0.15, -0.1) is 0 Å². The van der Waals surface area contributed by atoms with Gasteiger partial charge in [-0.2, -0.15) is 0 Å². The fourth-order valence-electron chi connectivity index (χ4n) is 21.3. The molecule has 147 heavy (non-hydrogen) atoms. The van der Waals surface area contributed by atoms with Crippen molar-refractivity contribution in [3.8, 4) is 136 Å². The predicted octanol–water partition coefficient (Wildman–Crippen LogP) is 34.1. The van der Waals surface area contributed by atoms with E-state index in [1.54, 1.807) is 0 Å². The third kappa shape index (κ3) is 15.9. The van der Waals surface area contributed by atoms with Gasteiger partial charge in [0.25, 0.3) is 0 Å². The second kappa shape index (κ2) is 36.9. The summed E-state index contributed by atoms with van der Waals surface area (Å²) < 4.78 is 8.35. The van der Waals surface area contributed by atoms with Crippen molar-refractivity contribution in [1.82, 2.24) is 44.9 Å². The van der Waals surface area contributed by atoms with Crippen LogP contribution in [-0.2, 0) is 0 Å². The molecule has 0 unspecified atom stereocenters. The van der Waals surface area contributed by atoms with Crippen LogP contribution in [0, 0.1) is 0 Å². The number of rotatable bonds is 12. The molecule has 0 fully saturated rings. The van der Waals surface area contributed by atoms with Crippen molar-refractivity contribution >= 4 is 198 Å². The molecule has 684 valence electrons. The average molecular weight is 2070 g/mol. The van der Waals surface area contributed by atoms with Crippen LogP contribution in [0.1, 0.15) is 0 Å². The van der Waals surface area contributed by atoms with Crippen LogP contribution in [0.25, 0.3) is 291 Å². The topological polar surface area (TPSA) is 116 Å². The SMILES string of the molecule is c1ccc(-c2nc(-c3ccc4c(c3)[se]c3c(-c5ccccc5)cccc34)nc(-c3ccc4ccc5c6ccccc6ccc5c4c3)n2)cc1.c1ccc(-c2nc(-c3ccc4ccc5c6ccccc6ccc5c4c3)nc(-c3ccc4[se]c5c(-c6ccccc6)cccc5c4c3)n2)cc1.c1ccc(-c2nc(-c3ccc4ccc5c6ccccc6ccc5c4c3)nc(-c3cccc4c3[se]c3c(-c5ccccc5)cccc34)n2)cc1. The van der Waals surface area contributed by atoms with Gasteiger partial charge in [0.15, 0.2) is 0 Å². The first kappa shape index (κ1) is 87.0. The van der Waals surface area contributed by atoms with E-state index in [1.165, 1.54) is 188 Å². The predicted molar refractivity (Wildman–Crippen MR) is 618 cm³/mol. The van der Waals surface area contributed by atoms with Gasteiger partial charge in [0.1, 0.15) is 0 Å². The molecule has 9 nitrogen and oxygen atoms in total. The maximum absolute atomic E-state index is 5.24. The molecule has 12 heteroatoms. The van der Waals surface area contributed by atoms with Crippen molar-refractivity contribution in [2.75, 3.05) is 0 Å². The van der Waals surface area contributed by atoms with E-state index < -0.39 is 0 Å². The van der Waals surface area contributed by atoms with Crippen LogP contribution in [0.3, 0.4) is 0 Å². The first-order valence-electron chi connectivity index (χ1n) is 49.3. The molecule has 6 aromatic heterocycles. The molecule has 0 bridgehead atoms. The van der Waals surface area contributed by atoms with Gasteiger partial charge >= 0.3 is 775 Å². The summed E-state index contributed by atoms with van der Waals surface area (Å²) in [6.07, 6.45) is 0. The summed E-state index contributed by atoms with van der Waals surface area (Å²) in [5, 5.41) is 29.9. The van der Waals surface area contributed by atoms with Crippen LogP contribution in [0.15, 0.2) is 491 Å². The second-order valence-corrected chi connectivity index (χ2v) is 43.8. The van der Waals surface area contributed by atoms with Gasteiger partial charge in [0, 0.05) is 0 Å². The van der Waals surface area contributed by atoms with Crippen molar-refractivity contribution in [3.05, 3.63) is 491 Å². The number of hydrogen-bond acceptors (Lipinski definition) is 9. The summed E-state index contributed by atoms with van der Waals surface area (Å²) in [5.74, 6) is 6.10. The molecule has 0 aliphatic heterocycles. The Balaban J connectivity index is 0.000000107. The summed E-state index contributed by atoms with van der Waals surface area (Å²) >= 11 is 0.459. The fourth-order valence-corrected chi connectivity index (χ4v) is 29.4. The van der Waals surface area contributed by atoms with Gasteiger partial charge in [-0.25, -0.2) is 0 Å². The van der Waals surface area contributed by atoms with Crippen molar-refractivity contribution < 1.29 is 0 Å². The zero-order valence-electron chi connectivity index (χ0n) is 79.0. The number of fused-ring (bicyclic) bond motifs is 24. The van der Waals surface area contributed by atoms with Crippen molar-refractivity contribution in [1.29, 1.82) is 0 Å². The molecule has 0 atom stereocenters. The Labute approximate surface area is 863 Å². The number of nitrogens with zero attached hydrogens (tertiary/aromatic N) is 9. The molecule has 0 aliphatic rings. The van der Waals surface area contributed by atoms with E-state index in [9.17, 15) is 0 Å². The van der Waals surface area contributed by atoms with Crippen LogP contribution in [0.2, 0.25) is 0 Å². The molecular formula is C135H81N9Se3. The monoisotopic (exact) mass is 2070 g/mol. The summed E-state index contributed by atoms with van der Waals surface area (Å²) in [4.78, 5) is 46.1. The molecule has 0 spiro atoms. The Morgan fingerprint density at radius 3 is 0.694 bits per heavy atom. The Kier molecular flexibility index (Phi) is 21.8. The minimum atomic E-state index is 0.0814. The first-order chi connectivity index (χ1) is 72.8. The Morgan fingerprint density at radius 1 is 0.109 bits per heavy atom. The Bertz CT molecular complexity index is 10500. The molecule has 24 aromatic carbocycles. The van der Waals surface area contributed by atoms with Gasteiger partial charge in [0.05, 0.1) is 0 Å². The van der Waals surface area contributed by atoms with Crippen molar-refractivity contribution in [2.45, 2.75) is 0 Å². The van der Waals surface area contributed by atoms with Crippen LogP contribution in [0.5, 0.6) is 0 Å². The van der Waals surface area contributed by atoms with Crippen LogP contribution < -0.4 is 0 Å². The third-order valence-electron chi connectivity index (χ3n) is 28.5. The molecular weight excluding hydrogens is 1980 g/mol. The van der Waals surface area contributed by atoms with E-state index in [-0.39, 0.29) is 43.5 Å². The van der Waals surface area contributed by atoms with Gasteiger partial charge in [-0.3, -0.25) is 0 Å². The summed E-state index contributed by atoms with van der Waals surface area (Å²) in [7, 11) is 0. The van der Waals surface area contributed by atoms with E-state index in [2.05, 4.69) is 437 Å². The summed E-state index contributed by atoms with van der Waals surface area (Å²) in [6.45, 7) is 0. The first-order valence-corrected chi connectivity index (χ1v) is 54.5. The van der Waals surface area contributed by atoms with Crippen LogP contribution in [0.4, 0.5) is 0 Å². The standard InChI is InChI=1S/3C45H27N3Se/c1-3-11-28(12-4-1)34-17-9-18-37-38-19-10-20-39(42(38)49-41(34)37)45-47-43(31-14-5-2-6-15-31)46-44(48-45)32-22-21-30-24-25-35-33-16-8-7-13-29(33)23-26-36(35)40(30)27-32;1-3-10-28(11-4-1)35-16-9-17-39-38-25-22-33(27-41(38)49-42(35)39)45-47-43(31-13-5-2-6-14-31)46-44(48-45)32-19-18-30-21-23-36-34-15-8-7-12-29(34)20-24-37(36)40(30)26-32;1-3-10-28(11-4-1)35-16-9-17-38-40-27-33(22-25-41(40)49-42(35)38)45-47-43(31-13-5-2-6-14-31)46-44(48-45)32-19-18-30-21-23-36-34-15-8-7-12-29(34)20-24-37(36)39(30)26-32/h3*1-27H. The third-order valence-corrected chi connectivity index (χ3v) is 36.3. The molecule has 30 rings (SSSR count). The number of aromatic nitrogens is 9. The minimum absolute atomic E-state index is 0.0814. The Hall–Kier alpha value is -17.8. The molecule has 0 radical (unpaired) electrons. The number of benzene rings is 24. The Morgan fingerprint density at radius 2 is 0.333 bits per heavy atom. The van der Waals surface area contributed by atoms with Crippen molar-refractivity contribution in [2.24, 2.45) is 0 Å². The van der Waals surface area contributed by atoms with E-state index in [1.807, 2.05) is 54.6 Å². The second-order valence-electron chi connectivity index (χ2n) is 37.2. The summed E-state index contributed by atoms with van der Waals surface area (Å²) in [6, 6.07) is 175. The molecule has 0 amide bonds. The van der Waals surface area contributed by atoms with Gasteiger partial charge in [-0.1, -0.05) is 78.9 Å². The molecule has 0 saturated heterocycles.